The molecule has 0 spiro atoms. The maximum atomic E-state index is 13.0. The molecule has 0 fully saturated rings. The van der Waals surface area contributed by atoms with Crippen molar-refractivity contribution in [2.24, 2.45) is 0 Å². The molecule has 0 aliphatic heterocycles. The number of nitriles is 1. The Morgan fingerprint density at radius 2 is 2.07 bits per heavy atom. The molecule has 0 aromatic heterocycles. The van der Waals surface area contributed by atoms with Crippen LogP contribution in [0.15, 0.2) is 18.2 Å². The Balaban J connectivity index is 3.46. The maximum absolute atomic E-state index is 13.0. The molecule has 0 saturated heterocycles. The molecule has 0 heterocycles. The van der Waals surface area contributed by atoms with Gasteiger partial charge >= 0.3 is 11.9 Å². The van der Waals surface area contributed by atoms with Gasteiger partial charge in [0.15, 0.2) is 0 Å². The van der Waals surface area contributed by atoms with E-state index in [2.05, 4.69) is 0 Å². The van der Waals surface area contributed by atoms with Crippen LogP contribution in [0.1, 0.15) is 11.1 Å². The molecular formula is C9H4F3NO2. The minimum Gasteiger partial charge on any atom is -0.477 e. The largest absolute Gasteiger partial charge is 0.477 e. The summed E-state index contributed by atoms with van der Waals surface area (Å²) in [6, 6.07) is 3.64. The van der Waals surface area contributed by atoms with E-state index in [1.165, 1.54) is 6.07 Å². The van der Waals surface area contributed by atoms with Gasteiger partial charge in [0.2, 0.25) is 0 Å². The number of halogens is 3. The van der Waals surface area contributed by atoms with Crippen molar-refractivity contribution in [3.05, 3.63) is 35.1 Å². The maximum Gasteiger partial charge on any atom is 0.379 e. The summed E-state index contributed by atoms with van der Waals surface area (Å²) in [5.41, 5.74) is -2.10. The van der Waals surface area contributed by atoms with Crippen molar-refractivity contribution in [2.75, 3.05) is 0 Å². The second kappa shape index (κ2) is 3.61. The molecule has 1 aromatic carbocycles. The van der Waals surface area contributed by atoms with Crippen molar-refractivity contribution < 1.29 is 23.1 Å². The number of rotatable bonds is 2. The van der Waals surface area contributed by atoms with E-state index in [1.807, 2.05) is 0 Å². The molecule has 0 bridgehead atoms. The quantitative estimate of drug-likeness (QED) is 0.819. The lowest BCUT2D eigenvalue weighted by atomic mass is 10.0. The van der Waals surface area contributed by atoms with Gasteiger partial charge in [0, 0.05) is 0 Å². The summed E-state index contributed by atoms with van der Waals surface area (Å²) >= 11 is 0. The predicted octanol–water partition coefficient (Wildman–Crippen LogP) is 1.87. The predicted molar refractivity (Wildman–Crippen MR) is 42.6 cm³/mol. The first-order valence-electron chi connectivity index (χ1n) is 3.71. The van der Waals surface area contributed by atoms with Crippen LogP contribution in [-0.4, -0.2) is 11.1 Å². The standard InChI is InChI=1S/C9H4F3NO2/c10-7-3-1-2-6(5(7)4-13)9(11,12)8(14)15/h1-3H,(H,14,15). The molecule has 1 aromatic rings. The Hall–Kier alpha value is -2.03. The topological polar surface area (TPSA) is 61.1 Å². The van der Waals surface area contributed by atoms with Gasteiger partial charge in [0.25, 0.3) is 0 Å². The van der Waals surface area contributed by atoms with Crippen LogP contribution in [0, 0.1) is 17.1 Å². The van der Waals surface area contributed by atoms with E-state index in [-0.39, 0.29) is 0 Å². The smallest absolute Gasteiger partial charge is 0.379 e. The first kappa shape index (κ1) is 11.0. The minimum absolute atomic E-state index is 0.704. The van der Waals surface area contributed by atoms with Gasteiger partial charge < -0.3 is 5.11 Å². The highest BCUT2D eigenvalue weighted by Crippen LogP contribution is 2.31. The second-order valence-corrected chi connectivity index (χ2v) is 2.65. The average Bonchev–Trinajstić information content (AvgIpc) is 2.17. The van der Waals surface area contributed by atoms with Crippen molar-refractivity contribution in [3.8, 4) is 6.07 Å². The van der Waals surface area contributed by atoms with E-state index in [0.717, 1.165) is 12.1 Å². The van der Waals surface area contributed by atoms with Gasteiger partial charge in [-0.3, -0.25) is 0 Å². The Morgan fingerprint density at radius 3 is 2.53 bits per heavy atom. The van der Waals surface area contributed by atoms with E-state index in [0.29, 0.717) is 6.07 Å². The molecule has 0 aliphatic carbocycles. The van der Waals surface area contributed by atoms with Crippen LogP contribution in [-0.2, 0) is 10.7 Å². The Bertz CT molecular complexity index is 451. The molecule has 0 unspecified atom stereocenters. The summed E-state index contributed by atoms with van der Waals surface area (Å²) in [6.45, 7) is 0. The summed E-state index contributed by atoms with van der Waals surface area (Å²) in [7, 11) is 0. The van der Waals surface area contributed by atoms with E-state index >= 15 is 0 Å². The van der Waals surface area contributed by atoms with Gasteiger partial charge in [-0.2, -0.15) is 14.0 Å². The minimum atomic E-state index is -4.27. The van der Waals surface area contributed by atoms with Crippen LogP contribution >= 0.6 is 0 Å². The molecule has 1 rings (SSSR count). The molecule has 1 N–H and O–H groups in total. The molecule has 0 radical (unpaired) electrons. The van der Waals surface area contributed by atoms with Crippen molar-refractivity contribution >= 4 is 5.97 Å². The lowest BCUT2D eigenvalue weighted by molar-refractivity contribution is -0.166. The van der Waals surface area contributed by atoms with Crippen LogP contribution in [0.5, 0.6) is 0 Å². The van der Waals surface area contributed by atoms with Crippen LogP contribution in [0.4, 0.5) is 13.2 Å². The van der Waals surface area contributed by atoms with Gasteiger partial charge in [-0.15, -0.1) is 0 Å². The number of nitrogens with zero attached hydrogens (tertiary/aromatic N) is 1. The fraction of sp³-hybridized carbons (Fsp3) is 0.111. The second-order valence-electron chi connectivity index (χ2n) is 2.65. The van der Waals surface area contributed by atoms with Crippen LogP contribution in [0.2, 0.25) is 0 Å². The van der Waals surface area contributed by atoms with Crippen LogP contribution in [0.25, 0.3) is 0 Å². The van der Waals surface area contributed by atoms with Gasteiger partial charge in [-0.25, -0.2) is 9.18 Å². The van der Waals surface area contributed by atoms with E-state index in [1.54, 1.807) is 0 Å². The Labute approximate surface area is 82.4 Å². The number of aliphatic carboxylic acids is 1. The SMILES string of the molecule is N#Cc1c(F)cccc1C(F)(F)C(=O)O. The number of hydrogen-bond acceptors (Lipinski definition) is 2. The zero-order chi connectivity index (χ0) is 11.6. The molecular weight excluding hydrogens is 211 g/mol. The molecule has 0 aliphatic rings. The highest BCUT2D eigenvalue weighted by molar-refractivity contribution is 5.78. The third-order valence-electron chi connectivity index (χ3n) is 1.73. The van der Waals surface area contributed by atoms with Gasteiger partial charge in [-0.05, 0) is 6.07 Å². The van der Waals surface area contributed by atoms with Crippen molar-refractivity contribution in [2.45, 2.75) is 5.92 Å². The lowest BCUT2D eigenvalue weighted by Crippen LogP contribution is -2.26. The number of benzene rings is 1. The molecule has 6 heteroatoms. The zero-order valence-electron chi connectivity index (χ0n) is 7.17. The molecule has 0 atom stereocenters. The summed E-state index contributed by atoms with van der Waals surface area (Å²) in [4.78, 5) is 10.2. The molecule has 0 amide bonds. The van der Waals surface area contributed by atoms with Crippen LogP contribution in [0.3, 0.4) is 0 Å². The van der Waals surface area contributed by atoms with Crippen molar-refractivity contribution in [1.29, 1.82) is 5.26 Å². The molecule has 0 saturated carbocycles. The summed E-state index contributed by atoms with van der Waals surface area (Å²) in [5, 5.41) is 16.7. The van der Waals surface area contributed by atoms with Gasteiger partial charge in [-0.1, -0.05) is 12.1 Å². The first-order valence-corrected chi connectivity index (χ1v) is 3.71. The van der Waals surface area contributed by atoms with Crippen molar-refractivity contribution in [1.82, 2.24) is 0 Å². The number of carboxylic acid groups (broad SMARTS) is 1. The molecule has 15 heavy (non-hydrogen) atoms. The summed E-state index contributed by atoms with van der Waals surface area (Å²) in [6.07, 6.45) is 0. The third kappa shape index (κ3) is 1.76. The zero-order valence-corrected chi connectivity index (χ0v) is 7.17. The van der Waals surface area contributed by atoms with Crippen LogP contribution < -0.4 is 0 Å². The van der Waals surface area contributed by atoms with Gasteiger partial charge in [0.05, 0.1) is 11.1 Å². The molecule has 3 nitrogen and oxygen atoms in total. The number of hydrogen-bond donors (Lipinski definition) is 1. The number of carbonyl (C=O) groups is 1. The third-order valence-corrected chi connectivity index (χ3v) is 1.73. The fourth-order valence-electron chi connectivity index (χ4n) is 1.01. The fourth-order valence-corrected chi connectivity index (χ4v) is 1.01. The number of alkyl halides is 2. The summed E-state index contributed by atoms with van der Waals surface area (Å²) in [5.74, 6) is -7.87. The highest BCUT2D eigenvalue weighted by Gasteiger charge is 2.43. The van der Waals surface area contributed by atoms with E-state index < -0.39 is 28.8 Å². The number of carboxylic acids is 1. The highest BCUT2D eigenvalue weighted by atomic mass is 19.3. The average molecular weight is 215 g/mol. The Kier molecular flexibility index (Phi) is 2.66. The lowest BCUT2D eigenvalue weighted by Gasteiger charge is -2.12. The van der Waals surface area contributed by atoms with E-state index in [4.69, 9.17) is 10.4 Å². The van der Waals surface area contributed by atoms with E-state index in [9.17, 15) is 18.0 Å². The monoisotopic (exact) mass is 215 g/mol. The van der Waals surface area contributed by atoms with Crippen molar-refractivity contribution in [3.63, 3.8) is 0 Å². The first-order chi connectivity index (χ1) is 6.91. The normalized spacial score (nSPS) is 10.8. The molecule has 78 valence electrons. The Morgan fingerprint density at radius 1 is 1.47 bits per heavy atom. The summed E-state index contributed by atoms with van der Waals surface area (Å²) < 4.78 is 38.9. The van der Waals surface area contributed by atoms with Gasteiger partial charge in [0.1, 0.15) is 11.9 Å².